The fourth-order valence-electron chi connectivity index (χ4n) is 3.06. The van der Waals surface area contributed by atoms with E-state index in [1.54, 1.807) is 0 Å². The van der Waals surface area contributed by atoms with E-state index in [-0.39, 0.29) is 5.82 Å². The second kappa shape index (κ2) is 6.90. The molecule has 2 nitrogen and oxygen atoms in total. The van der Waals surface area contributed by atoms with Gasteiger partial charge in [-0.2, -0.15) is 0 Å². The molecule has 0 saturated heterocycles. The van der Waals surface area contributed by atoms with Crippen molar-refractivity contribution in [3.63, 3.8) is 0 Å². The van der Waals surface area contributed by atoms with Crippen LogP contribution < -0.4 is 10.1 Å². The number of ether oxygens (including phenoxy) is 1. The van der Waals surface area contributed by atoms with E-state index in [1.165, 1.54) is 38.9 Å². The highest BCUT2D eigenvalue weighted by atomic mass is 19.1. The molecule has 1 unspecified atom stereocenters. The molecule has 1 N–H and O–H groups in total. The molecule has 0 bridgehead atoms. The largest absolute Gasteiger partial charge is 0.494 e. The maximum absolute atomic E-state index is 13.5. The highest BCUT2D eigenvalue weighted by Crippen LogP contribution is 2.34. The van der Waals surface area contributed by atoms with Crippen LogP contribution in [-0.2, 0) is 0 Å². The van der Waals surface area contributed by atoms with Gasteiger partial charge in [0.25, 0.3) is 0 Å². The summed E-state index contributed by atoms with van der Waals surface area (Å²) in [5.41, 5.74) is 1.13. The summed E-state index contributed by atoms with van der Waals surface area (Å²) in [7, 11) is 1.52. The topological polar surface area (TPSA) is 21.3 Å². The minimum atomic E-state index is -0.289. The van der Waals surface area contributed by atoms with E-state index in [0.29, 0.717) is 11.8 Å². The number of halogens is 1. The van der Waals surface area contributed by atoms with Gasteiger partial charge < -0.3 is 10.1 Å². The molecule has 0 aromatic heterocycles. The van der Waals surface area contributed by atoms with Crippen LogP contribution in [-0.4, -0.2) is 13.7 Å². The number of hydrogen-bond acceptors (Lipinski definition) is 2. The number of benzene rings is 1. The lowest BCUT2D eigenvalue weighted by Crippen LogP contribution is -2.23. The summed E-state index contributed by atoms with van der Waals surface area (Å²) < 4.78 is 18.6. The summed E-state index contributed by atoms with van der Waals surface area (Å²) in [5.74, 6) is 0.856. The van der Waals surface area contributed by atoms with Crippen molar-refractivity contribution in [3.8, 4) is 5.75 Å². The van der Waals surface area contributed by atoms with Crippen molar-refractivity contribution >= 4 is 0 Å². The van der Waals surface area contributed by atoms with Crippen molar-refractivity contribution < 1.29 is 9.13 Å². The van der Waals surface area contributed by atoms with Gasteiger partial charge in [0.15, 0.2) is 11.6 Å². The molecule has 1 aliphatic carbocycles. The van der Waals surface area contributed by atoms with Crippen LogP contribution in [0.2, 0.25) is 0 Å². The fraction of sp³-hybridized carbons (Fsp3) is 0.625. The van der Waals surface area contributed by atoms with E-state index in [9.17, 15) is 4.39 Å². The van der Waals surface area contributed by atoms with Gasteiger partial charge in [0.05, 0.1) is 7.11 Å². The third-order valence-electron chi connectivity index (χ3n) is 4.07. The van der Waals surface area contributed by atoms with Gasteiger partial charge in [-0.1, -0.05) is 38.7 Å². The van der Waals surface area contributed by atoms with E-state index in [4.69, 9.17) is 4.74 Å². The van der Waals surface area contributed by atoms with Crippen LogP contribution in [0, 0.1) is 11.7 Å². The van der Waals surface area contributed by atoms with Gasteiger partial charge in [-0.25, -0.2) is 4.39 Å². The molecule has 1 aromatic carbocycles. The van der Waals surface area contributed by atoms with Crippen molar-refractivity contribution in [2.75, 3.05) is 13.7 Å². The maximum Gasteiger partial charge on any atom is 0.165 e. The third-order valence-corrected chi connectivity index (χ3v) is 4.07. The van der Waals surface area contributed by atoms with Crippen LogP contribution >= 0.6 is 0 Å². The van der Waals surface area contributed by atoms with Crippen molar-refractivity contribution in [2.45, 2.75) is 45.1 Å². The average molecular weight is 265 g/mol. The zero-order chi connectivity index (χ0) is 13.7. The van der Waals surface area contributed by atoms with Crippen LogP contribution in [0.25, 0.3) is 0 Å². The van der Waals surface area contributed by atoms with Crippen LogP contribution in [0.15, 0.2) is 18.2 Å². The Morgan fingerprint density at radius 1 is 1.37 bits per heavy atom. The second-order valence-corrected chi connectivity index (χ2v) is 5.39. The Labute approximate surface area is 115 Å². The lowest BCUT2D eigenvalue weighted by Gasteiger charge is -2.22. The fourth-order valence-corrected chi connectivity index (χ4v) is 3.06. The van der Waals surface area contributed by atoms with Crippen molar-refractivity contribution in [1.82, 2.24) is 5.32 Å². The van der Waals surface area contributed by atoms with Gasteiger partial charge in [0, 0.05) is 6.04 Å². The van der Waals surface area contributed by atoms with Gasteiger partial charge in [-0.05, 0) is 36.6 Å². The molecule has 0 radical (unpaired) electrons. The highest BCUT2D eigenvalue weighted by Gasteiger charge is 2.21. The average Bonchev–Trinajstić information content (AvgIpc) is 2.92. The lowest BCUT2D eigenvalue weighted by atomic mass is 9.93. The zero-order valence-electron chi connectivity index (χ0n) is 11.9. The Bertz CT molecular complexity index is 402. The molecule has 106 valence electrons. The summed E-state index contributed by atoms with van der Waals surface area (Å²) >= 11 is 0. The lowest BCUT2D eigenvalue weighted by molar-refractivity contribution is 0.378. The minimum absolute atomic E-state index is 0.289. The molecule has 1 aliphatic rings. The quantitative estimate of drug-likeness (QED) is 0.837. The Hall–Kier alpha value is -1.09. The normalized spacial score (nSPS) is 17.6. The molecular weight excluding hydrogens is 241 g/mol. The molecule has 0 spiro atoms. The Kier molecular flexibility index (Phi) is 5.20. The first-order valence-corrected chi connectivity index (χ1v) is 7.31. The van der Waals surface area contributed by atoms with Crippen LogP contribution in [0.5, 0.6) is 5.75 Å². The predicted octanol–water partition coefficient (Wildman–Crippen LogP) is 4.07. The molecule has 1 fully saturated rings. The monoisotopic (exact) mass is 265 g/mol. The molecule has 0 aliphatic heterocycles. The summed E-state index contributed by atoms with van der Waals surface area (Å²) in [6.45, 7) is 3.04. The Morgan fingerprint density at radius 2 is 2.11 bits per heavy atom. The molecule has 19 heavy (non-hydrogen) atoms. The van der Waals surface area contributed by atoms with Crippen LogP contribution in [0.3, 0.4) is 0 Å². The molecule has 2 rings (SSSR count). The van der Waals surface area contributed by atoms with Crippen molar-refractivity contribution in [2.24, 2.45) is 5.92 Å². The Morgan fingerprint density at radius 3 is 2.74 bits per heavy atom. The highest BCUT2D eigenvalue weighted by molar-refractivity contribution is 5.32. The standard InChI is InChI=1S/C16H24FNO/c1-3-18-15(10-12-6-4-5-7-12)13-8-9-14(17)16(11-13)19-2/h8-9,11-12,15,18H,3-7,10H2,1-2H3. The van der Waals surface area contributed by atoms with Gasteiger partial charge >= 0.3 is 0 Å². The van der Waals surface area contributed by atoms with E-state index < -0.39 is 0 Å². The molecule has 3 heteroatoms. The first-order chi connectivity index (χ1) is 9.24. The maximum atomic E-state index is 13.5. The Balaban J connectivity index is 2.12. The van der Waals surface area contributed by atoms with Gasteiger partial charge in [-0.15, -0.1) is 0 Å². The van der Waals surface area contributed by atoms with Gasteiger partial charge in [0.1, 0.15) is 0 Å². The molecule has 1 atom stereocenters. The number of rotatable bonds is 6. The molecule has 1 aromatic rings. The predicted molar refractivity (Wildman–Crippen MR) is 75.9 cm³/mol. The van der Waals surface area contributed by atoms with Gasteiger partial charge in [0.2, 0.25) is 0 Å². The number of methoxy groups -OCH3 is 1. The SMILES string of the molecule is CCNC(CC1CCCC1)c1ccc(F)c(OC)c1. The van der Waals surface area contributed by atoms with E-state index in [0.717, 1.165) is 24.4 Å². The third kappa shape index (κ3) is 3.69. The van der Waals surface area contributed by atoms with Crippen molar-refractivity contribution in [3.05, 3.63) is 29.6 Å². The first kappa shape index (κ1) is 14.3. The van der Waals surface area contributed by atoms with Crippen molar-refractivity contribution in [1.29, 1.82) is 0 Å². The van der Waals surface area contributed by atoms with Crippen LogP contribution in [0.4, 0.5) is 4.39 Å². The smallest absolute Gasteiger partial charge is 0.165 e. The van der Waals surface area contributed by atoms with Gasteiger partial charge in [-0.3, -0.25) is 0 Å². The number of nitrogens with one attached hydrogen (secondary N) is 1. The second-order valence-electron chi connectivity index (χ2n) is 5.39. The molecule has 1 saturated carbocycles. The van der Waals surface area contributed by atoms with E-state index >= 15 is 0 Å². The first-order valence-electron chi connectivity index (χ1n) is 7.31. The van der Waals surface area contributed by atoms with E-state index in [2.05, 4.69) is 12.2 Å². The molecule has 0 amide bonds. The minimum Gasteiger partial charge on any atom is -0.494 e. The van der Waals surface area contributed by atoms with E-state index in [1.807, 2.05) is 12.1 Å². The molecule has 0 heterocycles. The summed E-state index contributed by atoms with van der Waals surface area (Å²) in [4.78, 5) is 0. The van der Waals surface area contributed by atoms with Crippen LogP contribution in [0.1, 0.15) is 50.6 Å². The summed E-state index contributed by atoms with van der Waals surface area (Å²) in [6.07, 6.45) is 6.52. The summed E-state index contributed by atoms with van der Waals surface area (Å²) in [6, 6.07) is 5.52. The zero-order valence-corrected chi connectivity index (χ0v) is 11.9. The molecular formula is C16H24FNO. The number of hydrogen-bond donors (Lipinski definition) is 1. The summed E-state index contributed by atoms with van der Waals surface area (Å²) in [5, 5.41) is 3.52.